The van der Waals surface area contributed by atoms with E-state index in [0.29, 0.717) is 47.0 Å². The highest BCUT2D eigenvalue weighted by molar-refractivity contribution is 6.32. The quantitative estimate of drug-likeness (QED) is 0.233. The molecule has 2 bridgehead atoms. The van der Waals surface area contributed by atoms with Crippen LogP contribution in [-0.2, 0) is 17.6 Å². The number of carbonyl (C=O) groups is 2. The number of rotatable bonds is 5. The minimum Gasteiger partial charge on any atom is -0.504 e. The van der Waals surface area contributed by atoms with Crippen LogP contribution < -0.4 is 24.3 Å². The number of phenols is 1. The average Bonchev–Trinajstić information content (AvgIpc) is 3.53. The largest absolute Gasteiger partial charge is 0.504 e. The number of hydrogen-bond acceptors (Lipinski definition) is 11. The van der Waals surface area contributed by atoms with Crippen molar-refractivity contribution in [3.63, 3.8) is 0 Å². The predicted octanol–water partition coefficient (Wildman–Crippen LogP) is 3.92. The Balaban J connectivity index is 1.44. The zero-order chi connectivity index (χ0) is 33.3. The van der Waals surface area contributed by atoms with Crippen LogP contribution in [0.3, 0.4) is 0 Å². The first kappa shape index (κ1) is 31.1. The Kier molecular flexibility index (Phi) is 7.66. The van der Waals surface area contributed by atoms with Gasteiger partial charge in [-0.2, -0.15) is 5.26 Å². The molecular weight excluding hydrogens is 626 g/mol. The first-order valence-corrected chi connectivity index (χ1v) is 15.7. The molecule has 1 fully saturated rings. The number of phenolic OH excluding ortho intramolecular Hbond substituents is 1. The van der Waals surface area contributed by atoms with Gasteiger partial charge < -0.3 is 29.4 Å². The van der Waals surface area contributed by atoms with Crippen molar-refractivity contribution in [1.29, 1.82) is 5.26 Å². The lowest BCUT2D eigenvalue weighted by molar-refractivity contribution is -0.132. The number of likely N-dealkylation sites (N-methyl/N-ethyl adjacent to an activating group) is 1. The van der Waals surface area contributed by atoms with Gasteiger partial charge in [-0.25, -0.2) is 4.98 Å². The molecule has 7 rings (SSSR count). The Morgan fingerprint density at radius 3 is 2.66 bits per heavy atom. The van der Waals surface area contributed by atoms with Gasteiger partial charge in [-0.15, -0.1) is 0 Å². The van der Waals surface area contributed by atoms with E-state index >= 15 is 0 Å². The highest BCUT2D eigenvalue weighted by Crippen LogP contribution is 2.58. The normalized spacial score (nSPS) is 24.0. The molecule has 4 aliphatic rings. The molecular formula is C34H34ClN5O7. The lowest BCUT2D eigenvalue weighted by Crippen LogP contribution is -2.68. The molecule has 13 heteroatoms. The molecule has 5 heterocycles. The molecule has 2 aromatic carbocycles. The number of carbonyl (C=O) groups excluding carboxylic acids is 2. The maximum atomic E-state index is 13.5. The number of nitrogens with zero attached hydrogens (tertiary/aromatic N) is 4. The van der Waals surface area contributed by atoms with Crippen molar-refractivity contribution in [2.45, 2.75) is 63.8 Å². The maximum absolute atomic E-state index is 13.5. The Hall–Kier alpha value is -4.57. The van der Waals surface area contributed by atoms with Crippen molar-refractivity contribution in [1.82, 2.24) is 20.1 Å². The van der Waals surface area contributed by atoms with Gasteiger partial charge in [0.05, 0.1) is 30.8 Å². The van der Waals surface area contributed by atoms with E-state index in [9.17, 15) is 20.0 Å². The van der Waals surface area contributed by atoms with Crippen LogP contribution in [0.1, 0.15) is 62.7 Å². The molecule has 1 aromatic heterocycles. The van der Waals surface area contributed by atoms with Crippen molar-refractivity contribution in [2.24, 2.45) is 0 Å². The number of methoxy groups -OCH3 is 1. The average molecular weight is 660 g/mol. The van der Waals surface area contributed by atoms with E-state index in [0.717, 1.165) is 22.3 Å². The number of hydrogen-bond donors (Lipinski definition) is 2. The number of aromatic hydroxyl groups is 1. The van der Waals surface area contributed by atoms with Gasteiger partial charge in [0.15, 0.2) is 23.0 Å². The van der Waals surface area contributed by atoms with Crippen LogP contribution in [-0.4, -0.2) is 77.4 Å². The highest BCUT2D eigenvalue weighted by atomic mass is 35.5. The third-order valence-corrected chi connectivity index (χ3v) is 10.3. The molecule has 1 unspecified atom stereocenters. The summed E-state index contributed by atoms with van der Waals surface area (Å²) >= 11 is 6.27. The van der Waals surface area contributed by atoms with Gasteiger partial charge in [0.2, 0.25) is 6.79 Å². The Labute approximate surface area is 276 Å². The number of aryl methyl sites for hydroxylation is 1. The molecule has 3 aromatic rings. The van der Waals surface area contributed by atoms with E-state index in [1.54, 1.807) is 12.1 Å². The van der Waals surface area contributed by atoms with Crippen molar-refractivity contribution in [2.75, 3.05) is 27.5 Å². The summed E-state index contributed by atoms with van der Waals surface area (Å²) in [7, 11) is 3.50. The number of benzene rings is 2. The fourth-order valence-corrected chi connectivity index (χ4v) is 8.36. The van der Waals surface area contributed by atoms with Gasteiger partial charge in [-0.3, -0.25) is 19.4 Å². The Bertz CT molecular complexity index is 1880. The molecule has 0 saturated carbocycles. The number of pyridine rings is 1. The molecule has 0 spiro atoms. The van der Waals surface area contributed by atoms with Crippen LogP contribution >= 0.6 is 11.6 Å². The van der Waals surface area contributed by atoms with Crippen molar-refractivity contribution in [3.8, 4) is 34.8 Å². The number of nitrogens with one attached hydrogen (secondary N) is 1. The maximum Gasteiger partial charge on any atom is 0.308 e. The van der Waals surface area contributed by atoms with Crippen molar-refractivity contribution >= 4 is 23.5 Å². The van der Waals surface area contributed by atoms with E-state index in [1.807, 2.05) is 27.0 Å². The third kappa shape index (κ3) is 4.67. The monoisotopic (exact) mass is 659 g/mol. The van der Waals surface area contributed by atoms with Crippen molar-refractivity contribution < 1.29 is 33.6 Å². The smallest absolute Gasteiger partial charge is 0.308 e. The lowest BCUT2D eigenvalue weighted by atomic mass is 9.71. The van der Waals surface area contributed by atoms with Gasteiger partial charge in [0.1, 0.15) is 16.9 Å². The van der Waals surface area contributed by atoms with Gasteiger partial charge in [-0.1, -0.05) is 17.7 Å². The number of amides is 1. The van der Waals surface area contributed by atoms with Crippen LogP contribution in [0.15, 0.2) is 24.4 Å². The SMILES string of the molecule is COc1c(C)cc2c(c1O)[C@H]1C3Cc4c(OC(C)=O)c(C)c5c(c4[C@H](CNC(=O)c4cccnc4Cl)N3[C@@H](C#N)[C@H](C2)N1C)OCO5. The van der Waals surface area contributed by atoms with E-state index in [4.69, 9.17) is 30.5 Å². The number of ether oxygens (including phenoxy) is 4. The minimum absolute atomic E-state index is 0.0317. The molecule has 1 amide bonds. The Morgan fingerprint density at radius 1 is 1.19 bits per heavy atom. The molecule has 5 atom stereocenters. The van der Waals surface area contributed by atoms with E-state index in [-0.39, 0.29) is 41.9 Å². The van der Waals surface area contributed by atoms with Gasteiger partial charge in [-0.05, 0) is 57.0 Å². The molecule has 2 N–H and O–H groups in total. The van der Waals surface area contributed by atoms with E-state index in [2.05, 4.69) is 26.2 Å². The van der Waals surface area contributed by atoms with Crippen LogP contribution in [0.25, 0.3) is 0 Å². The zero-order valence-electron chi connectivity index (χ0n) is 26.6. The molecule has 12 nitrogen and oxygen atoms in total. The number of nitriles is 1. The van der Waals surface area contributed by atoms with Gasteiger partial charge in [0.25, 0.3) is 5.91 Å². The molecule has 244 valence electrons. The second kappa shape index (κ2) is 11.6. The summed E-state index contributed by atoms with van der Waals surface area (Å²) in [6.07, 6.45) is 2.37. The lowest BCUT2D eigenvalue weighted by Gasteiger charge is -2.60. The van der Waals surface area contributed by atoms with Crippen LogP contribution in [0.4, 0.5) is 0 Å². The van der Waals surface area contributed by atoms with Gasteiger partial charge >= 0.3 is 5.97 Å². The molecule has 0 radical (unpaired) electrons. The number of aromatic nitrogens is 1. The predicted molar refractivity (Wildman–Crippen MR) is 169 cm³/mol. The zero-order valence-corrected chi connectivity index (χ0v) is 27.3. The number of piperazine rings is 1. The summed E-state index contributed by atoms with van der Waals surface area (Å²) in [5.41, 5.74) is 4.73. The van der Waals surface area contributed by atoms with E-state index in [1.165, 1.54) is 20.2 Å². The minimum atomic E-state index is -0.618. The molecule has 1 saturated heterocycles. The second-order valence-electron chi connectivity index (χ2n) is 12.4. The summed E-state index contributed by atoms with van der Waals surface area (Å²) < 4.78 is 23.5. The summed E-state index contributed by atoms with van der Waals surface area (Å²) in [4.78, 5) is 34.3. The van der Waals surface area contributed by atoms with Crippen LogP contribution in [0.5, 0.6) is 28.7 Å². The topological polar surface area (TPSA) is 146 Å². The Morgan fingerprint density at radius 2 is 1.96 bits per heavy atom. The number of halogens is 1. The number of fused-ring (bicyclic) bond motifs is 9. The first-order chi connectivity index (χ1) is 22.6. The van der Waals surface area contributed by atoms with Crippen LogP contribution in [0, 0.1) is 25.2 Å². The molecule has 47 heavy (non-hydrogen) atoms. The summed E-state index contributed by atoms with van der Waals surface area (Å²) in [5.74, 6) is 0.851. The van der Waals surface area contributed by atoms with E-state index < -0.39 is 30.0 Å². The summed E-state index contributed by atoms with van der Waals surface area (Å²) in [6, 6.07) is 5.58. The summed E-state index contributed by atoms with van der Waals surface area (Å²) in [6.45, 7) is 5.08. The summed E-state index contributed by atoms with van der Waals surface area (Å²) in [5, 5.41) is 25.6. The fourth-order valence-electron chi connectivity index (χ4n) is 8.15. The molecule has 0 aliphatic carbocycles. The first-order valence-electron chi connectivity index (χ1n) is 15.4. The number of esters is 1. The fraction of sp³-hybridized carbons (Fsp3) is 0.412. The highest BCUT2D eigenvalue weighted by Gasteiger charge is 2.57. The van der Waals surface area contributed by atoms with Crippen molar-refractivity contribution in [3.05, 3.63) is 68.5 Å². The molecule has 4 aliphatic heterocycles. The van der Waals surface area contributed by atoms with Crippen LogP contribution in [0.2, 0.25) is 5.15 Å². The van der Waals surface area contributed by atoms with Gasteiger partial charge in [0, 0.05) is 54.0 Å². The third-order valence-electron chi connectivity index (χ3n) is 9.97. The standard InChI is InChI=1S/C34H34ClN5O7/c1-15-9-18-10-21-23(12-36)40-22(27(39(21)4)25(18)28(42)29(15)44-5)11-20-26(24(40)13-38-34(43)19-7-6-8-37-33(19)35)32-31(45-14-46-32)16(2)30(20)47-17(3)41/h6-9,21-24,27,42H,10-11,13-14H2,1-5H3,(H,38,43)/t21-,22?,23-,24-,27+/m0/s1. The second-order valence-corrected chi connectivity index (χ2v) is 12.8.